The first-order valence-corrected chi connectivity index (χ1v) is 5.67. The molecule has 0 bridgehead atoms. The first-order valence-electron chi connectivity index (χ1n) is 5.67. The third-order valence-corrected chi connectivity index (χ3v) is 3.73. The maximum Gasteiger partial charge on any atom is 0.169 e. The quantitative estimate of drug-likeness (QED) is 0.649. The van der Waals surface area contributed by atoms with Crippen molar-refractivity contribution in [3.8, 4) is 0 Å². The van der Waals surface area contributed by atoms with Crippen LogP contribution in [0.25, 0.3) is 0 Å². The van der Waals surface area contributed by atoms with E-state index in [0.717, 1.165) is 38.9 Å². The van der Waals surface area contributed by atoms with Crippen molar-refractivity contribution in [2.45, 2.75) is 38.4 Å². The van der Waals surface area contributed by atoms with Crippen molar-refractivity contribution in [3.63, 3.8) is 0 Å². The average Bonchev–Trinajstić information content (AvgIpc) is 2.62. The second kappa shape index (κ2) is 3.76. The fourth-order valence-corrected chi connectivity index (χ4v) is 2.73. The maximum absolute atomic E-state index is 5.77. The monoisotopic (exact) mass is 208 g/mol. The van der Waals surface area contributed by atoms with Crippen molar-refractivity contribution >= 4 is 0 Å². The van der Waals surface area contributed by atoms with E-state index in [1.165, 1.54) is 5.57 Å². The van der Waals surface area contributed by atoms with E-state index in [2.05, 4.69) is 20.1 Å². The average molecular weight is 208 g/mol. The zero-order chi connectivity index (χ0) is 10.9. The second-order valence-corrected chi connectivity index (χ2v) is 4.94. The van der Waals surface area contributed by atoms with E-state index >= 15 is 0 Å². The fourth-order valence-electron chi connectivity index (χ4n) is 2.73. The van der Waals surface area contributed by atoms with Crippen LogP contribution in [0.3, 0.4) is 0 Å². The van der Waals surface area contributed by atoms with Crippen molar-refractivity contribution in [1.82, 2.24) is 0 Å². The zero-order valence-electron chi connectivity index (χ0n) is 9.55. The first-order chi connectivity index (χ1) is 7.10. The van der Waals surface area contributed by atoms with E-state index in [9.17, 15) is 0 Å². The fraction of sp³-hybridized carbons (Fsp3) is 0.692. The van der Waals surface area contributed by atoms with Gasteiger partial charge in [0.1, 0.15) is 0 Å². The van der Waals surface area contributed by atoms with E-state index in [1.54, 1.807) is 0 Å². The minimum Gasteiger partial charge on any atom is -0.347 e. The molecule has 1 atom stereocenters. The van der Waals surface area contributed by atoms with Crippen LogP contribution in [0, 0.1) is 5.41 Å². The van der Waals surface area contributed by atoms with Gasteiger partial charge in [-0.1, -0.05) is 25.2 Å². The van der Waals surface area contributed by atoms with Gasteiger partial charge in [-0.2, -0.15) is 0 Å². The van der Waals surface area contributed by atoms with Crippen LogP contribution in [-0.2, 0) is 9.47 Å². The molecule has 0 N–H and O–H groups in total. The van der Waals surface area contributed by atoms with Gasteiger partial charge in [0.15, 0.2) is 5.79 Å². The molecule has 1 saturated heterocycles. The largest absolute Gasteiger partial charge is 0.347 e. The van der Waals surface area contributed by atoms with Crippen molar-refractivity contribution < 1.29 is 9.47 Å². The van der Waals surface area contributed by atoms with E-state index in [-0.39, 0.29) is 11.2 Å². The predicted molar refractivity (Wildman–Crippen MR) is 60.5 cm³/mol. The standard InChI is InChI=1S/C13H20O2/c1-4-6-12(3)10-13(7-5-11(12)2)14-8-9-15-13/h4H,1-2,5-10H2,3H3. The molecule has 0 aromatic carbocycles. The third-order valence-electron chi connectivity index (χ3n) is 3.73. The Hall–Kier alpha value is -0.600. The van der Waals surface area contributed by atoms with Crippen LogP contribution in [0.15, 0.2) is 24.8 Å². The summed E-state index contributed by atoms with van der Waals surface area (Å²) in [4.78, 5) is 0. The molecule has 1 spiro atoms. The van der Waals surface area contributed by atoms with Gasteiger partial charge in [0.05, 0.1) is 13.2 Å². The van der Waals surface area contributed by atoms with Crippen molar-refractivity contribution in [2.75, 3.05) is 13.2 Å². The summed E-state index contributed by atoms with van der Waals surface area (Å²) in [5.41, 5.74) is 1.41. The Balaban J connectivity index is 2.16. The second-order valence-electron chi connectivity index (χ2n) is 4.94. The number of ether oxygens (including phenoxy) is 2. The van der Waals surface area contributed by atoms with Crippen LogP contribution >= 0.6 is 0 Å². The van der Waals surface area contributed by atoms with Gasteiger partial charge < -0.3 is 9.47 Å². The molecule has 0 amide bonds. The van der Waals surface area contributed by atoms with Crippen molar-refractivity contribution in [3.05, 3.63) is 24.8 Å². The lowest BCUT2D eigenvalue weighted by molar-refractivity contribution is -0.189. The van der Waals surface area contributed by atoms with Crippen LogP contribution in [-0.4, -0.2) is 19.0 Å². The molecule has 0 aromatic rings. The highest BCUT2D eigenvalue weighted by molar-refractivity contribution is 5.16. The molecule has 2 nitrogen and oxygen atoms in total. The van der Waals surface area contributed by atoms with Crippen molar-refractivity contribution in [1.29, 1.82) is 0 Å². The van der Waals surface area contributed by atoms with Crippen LogP contribution < -0.4 is 0 Å². The molecule has 0 radical (unpaired) electrons. The highest BCUT2D eigenvalue weighted by atomic mass is 16.7. The third kappa shape index (κ3) is 1.88. The molecular formula is C13H20O2. The van der Waals surface area contributed by atoms with E-state index in [4.69, 9.17) is 9.47 Å². The summed E-state index contributed by atoms with van der Waals surface area (Å²) in [6, 6.07) is 0. The number of rotatable bonds is 2. The highest BCUT2D eigenvalue weighted by Gasteiger charge is 2.47. The highest BCUT2D eigenvalue weighted by Crippen LogP contribution is 2.49. The Morgan fingerprint density at radius 3 is 2.67 bits per heavy atom. The van der Waals surface area contributed by atoms with Gasteiger partial charge in [-0.15, -0.1) is 6.58 Å². The smallest absolute Gasteiger partial charge is 0.169 e. The number of hydrogen-bond acceptors (Lipinski definition) is 2. The van der Waals surface area contributed by atoms with Crippen LogP contribution in [0.1, 0.15) is 32.6 Å². The van der Waals surface area contributed by atoms with Gasteiger partial charge in [-0.25, -0.2) is 0 Å². The zero-order valence-corrected chi connectivity index (χ0v) is 9.55. The van der Waals surface area contributed by atoms with Gasteiger partial charge >= 0.3 is 0 Å². The van der Waals surface area contributed by atoms with E-state index < -0.39 is 0 Å². The molecular weight excluding hydrogens is 188 g/mol. The van der Waals surface area contributed by atoms with Crippen LogP contribution in [0.2, 0.25) is 0 Å². The molecule has 2 aliphatic rings. The Morgan fingerprint density at radius 1 is 1.40 bits per heavy atom. The van der Waals surface area contributed by atoms with Crippen LogP contribution in [0.5, 0.6) is 0 Å². The van der Waals surface area contributed by atoms with Crippen LogP contribution in [0.4, 0.5) is 0 Å². The van der Waals surface area contributed by atoms with Crippen molar-refractivity contribution in [2.24, 2.45) is 5.41 Å². The minimum absolute atomic E-state index is 0.102. The molecule has 2 rings (SSSR count). The topological polar surface area (TPSA) is 18.5 Å². The van der Waals surface area contributed by atoms with E-state index in [1.807, 2.05) is 6.08 Å². The molecule has 0 aromatic heterocycles. The van der Waals surface area contributed by atoms with Gasteiger partial charge in [0, 0.05) is 12.8 Å². The summed E-state index contributed by atoms with van der Waals surface area (Å²) in [7, 11) is 0. The normalized spacial score (nSPS) is 34.6. The summed E-state index contributed by atoms with van der Waals surface area (Å²) < 4.78 is 11.5. The lowest BCUT2D eigenvalue weighted by Crippen LogP contribution is -2.42. The van der Waals surface area contributed by atoms with E-state index in [0.29, 0.717) is 0 Å². The van der Waals surface area contributed by atoms with Gasteiger partial charge in [-0.05, 0) is 18.3 Å². The Labute approximate surface area is 92.0 Å². The molecule has 1 heterocycles. The first kappa shape index (κ1) is 10.9. The molecule has 2 heteroatoms. The predicted octanol–water partition coefficient (Wildman–Crippen LogP) is 3.05. The molecule has 84 valence electrons. The lowest BCUT2D eigenvalue weighted by atomic mass is 9.68. The Morgan fingerprint density at radius 2 is 2.07 bits per heavy atom. The lowest BCUT2D eigenvalue weighted by Gasteiger charge is -2.44. The number of hydrogen-bond donors (Lipinski definition) is 0. The Bertz CT molecular complexity index is 276. The molecule has 1 unspecified atom stereocenters. The summed E-state index contributed by atoms with van der Waals surface area (Å²) >= 11 is 0. The summed E-state index contributed by atoms with van der Waals surface area (Å²) in [6.07, 6.45) is 5.81. The van der Waals surface area contributed by atoms with Gasteiger partial charge in [0.2, 0.25) is 0 Å². The number of allylic oxidation sites excluding steroid dienone is 2. The maximum atomic E-state index is 5.77. The molecule has 1 aliphatic carbocycles. The molecule has 2 fully saturated rings. The minimum atomic E-state index is -0.320. The Kier molecular flexibility index (Phi) is 2.73. The molecule has 1 saturated carbocycles. The summed E-state index contributed by atoms with van der Waals surface area (Å²) in [5.74, 6) is -0.320. The SMILES string of the molecule is C=CCC1(C)CC2(CCC1=C)OCCO2. The molecule has 1 aliphatic heterocycles. The summed E-state index contributed by atoms with van der Waals surface area (Å²) in [5, 5.41) is 0. The van der Waals surface area contributed by atoms with Gasteiger partial charge in [-0.3, -0.25) is 0 Å². The molecule has 15 heavy (non-hydrogen) atoms. The summed E-state index contributed by atoms with van der Waals surface area (Å²) in [6.45, 7) is 11.7. The van der Waals surface area contributed by atoms with Gasteiger partial charge in [0.25, 0.3) is 0 Å².